The van der Waals surface area contributed by atoms with Crippen LogP contribution in [0.5, 0.6) is 0 Å². The Kier molecular flexibility index (Phi) is 5.00. The quantitative estimate of drug-likeness (QED) is 0.717. The molecule has 1 rings (SSSR count). The summed E-state index contributed by atoms with van der Waals surface area (Å²) in [7, 11) is 1.63. The van der Waals surface area contributed by atoms with Crippen LogP contribution in [0.1, 0.15) is 5.56 Å². The Balaban J connectivity index is 2.23. The summed E-state index contributed by atoms with van der Waals surface area (Å²) in [6, 6.07) is 2.10. The van der Waals surface area contributed by atoms with Gasteiger partial charge in [0.1, 0.15) is 0 Å². The summed E-state index contributed by atoms with van der Waals surface area (Å²) >= 11 is 1.68. The van der Waals surface area contributed by atoms with Gasteiger partial charge in [0.15, 0.2) is 0 Å². The van der Waals surface area contributed by atoms with Gasteiger partial charge in [-0.2, -0.15) is 11.3 Å². The summed E-state index contributed by atoms with van der Waals surface area (Å²) in [6.07, 6.45) is 0. The zero-order valence-corrected chi connectivity index (χ0v) is 8.51. The Hall–Kier alpha value is -0.420. The van der Waals surface area contributed by atoms with Crippen molar-refractivity contribution in [3.63, 3.8) is 0 Å². The fraction of sp³-hybridized carbons (Fsp3) is 0.556. The maximum Gasteiger partial charge on any atom is 0.0638 e. The van der Waals surface area contributed by atoms with Crippen molar-refractivity contribution in [2.24, 2.45) is 0 Å². The minimum Gasteiger partial charge on any atom is -0.395 e. The lowest BCUT2D eigenvalue weighted by Crippen LogP contribution is -2.35. The summed E-state index contributed by atoms with van der Waals surface area (Å²) in [6.45, 7) is 1.44. The SMILES string of the molecule is COCC(CO)NCc1ccsc1. The molecule has 1 heterocycles. The third kappa shape index (κ3) is 3.87. The van der Waals surface area contributed by atoms with E-state index in [1.165, 1.54) is 5.56 Å². The molecule has 0 aliphatic rings. The molecular formula is C9H15NO2S. The molecule has 1 atom stereocenters. The second-order valence-electron chi connectivity index (χ2n) is 2.85. The smallest absolute Gasteiger partial charge is 0.0638 e. The Labute approximate surface area is 82.4 Å². The van der Waals surface area contributed by atoms with E-state index in [-0.39, 0.29) is 12.6 Å². The summed E-state index contributed by atoms with van der Waals surface area (Å²) < 4.78 is 4.94. The van der Waals surface area contributed by atoms with Crippen LogP contribution >= 0.6 is 11.3 Å². The fourth-order valence-electron chi connectivity index (χ4n) is 1.03. The molecular weight excluding hydrogens is 186 g/mol. The first-order valence-electron chi connectivity index (χ1n) is 4.21. The second-order valence-corrected chi connectivity index (χ2v) is 3.63. The van der Waals surface area contributed by atoms with Gasteiger partial charge in [0.25, 0.3) is 0 Å². The average Bonchev–Trinajstić information content (AvgIpc) is 2.64. The van der Waals surface area contributed by atoms with Gasteiger partial charge in [0.05, 0.1) is 19.3 Å². The van der Waals surface area contributed by atoms with Crippen LogP contribution in [-0.2, 0) is 11.3 Å². The maximum atomic E-state index is 8.95. The Bertz CT molecular complexity index is 213. The minimum absolute atomic E-state index is 0.0323. The molecule has 1 aromatic heterocycles. The predicted molar refractivity (Wildman–Crippen MR) is 53.9 cm³/mol. The van der Waals surface area contributed by atoms with Crippen molar-refractivity contribution >= 4 is 11.3 Å². The third-order valence-corrected chi connectivity index (χ3v) is 2.50. The molecule has 0 aromatic carbocycles. The molecule has 0 amide bonds. The summed E-state index contributed by atoms with van der Waals surface area (Å²) in [5.74, 6) is 0. The number of nitrogens with one attached hydrogen (secondary N) is 1. The summed E-state index contributed by atoms with van der Waals surface area (Å²) in [5.41, 5.74) is 1.25. The van der Waals surface area contributed by atoms with Gasteiger partial charge < -0.3 is 15.2 Å². The Morgan fingerprint density at radius 2 is 2.54 bits per heavy atom. The average molecular weight is 201 g/mol. The highest BCUT2D eigenvalue weighted by molar-refractivity contribution is 7.07. The molecule has 0 aliphatic carbocycles. The molecule has 4 heteroatoms. The molecule has 0 fully saturated rings. The van der Waals surface area contributed by atoms with Gasteiger partial charge in [-0.25, -0.2) is 0 Å². The first-order valence-corrected chi connectivity index (χ1v) is 5.15. The molecule has 0 radical (unpaired) electrons. The molecule has 3 nitrogen and oxygen atoms in total. The number of hydrogen-bond acceptors (Lipinski definition) is 4. The highest BCUT2D eigenvalue weighted by Crippen LogP contribution is 2.05. The van der Waals surface area contributed by atoms with Gasteiger partial charge >= 0.3 is 0 Å². The first-order chi connectivity index (χ1) is 6.36. The van der Waals surface area contributed by atoms with Crippen LogP contribution in [0.15, 0.2) is 16.8 Å². The lowest BCUT2D eigenvalue weighted by atomic mass is 10.3. The first kappa shape index (κ1) is 10.7. The molecule has 0 bridgehead atoms. The number of thiophene rings is 1. The summed E-state index contributed by atoms with van der Waals surface area (Å²) in [4.78, 5) is 0. The van der Waals surface area contributed by atoms with E-state index < -0.39 is 0 Å². The van der Waals surface area contributed by atoms with Gasteiger partial charge in [0.2, 0.25) is 0 Å². The molecule has 0 spiro atoms. The van der Waals surface area contributed by atoms with Crippen molar-refractivity contribution in [1.29, 1.82) is 0 Å². The minimum atomic E-state index is 0.0323. The highest BCUT2D eigenvalue weighted by Gasteiger charge is 2.05. The monoisotopic (exact) mass is 201 g/mol. The van der Waals surface area contributed by atoms with Crippen LogP contribution < -0.4 is 5.32 Å². The van der Waals surface area contributed by atoms with E-state index in [0.29, 0.717) is 6.61 Å². The zero-order chi connectivity index (χ0) is 9.52. The maximum absolute atomic E-state index is 8.95. The standard InChI is InChI=1S/C9H15NO2S/c1-12-6-9(5-11)10-4-8-2-3-13-7-8/h2-3,7,9-11H,4-6H2,1H3. The largest absolute Gasteiger partial charge is 0.395 e. The van der Waals surface area contributed by atoms with Crippen LogP contribution in [-0.4, -0.2) is 31.5 Å². The van der Waals surface area contributed by atoms with Crippen LogP contribution in [0.2, 0.25) is 0 Å². The number of aliphatic hydroxyl groups excluding tert-OH is 1. The number of rotatable bonds is 6. The third-order valence-electron chi connectivity index (χ3n) is 1.76. The van der Waals surface area contributed by atoms with Crippen LogP contribution in [0.3, 0.4) is 0 Å². The van der Waals surface area contributed by atoms with Crippen LogP contribution in [0, 0.1) is 0 Å². The molecule has 1 aromatic rings. The van der Waals surface area contributed by atoms with E-state index >= 15 is 0 Å². The molecule has 2 N–H and O–H groups in total. The van der Waals surface area contributed by atoms with Gasteiger partial charge in [-0.15, -0.1) is 0 Å². The number of ether oxygens (including phenoxy) is 1. The lowest BCUT2D eigenvalue weighted by Gasteiger charge is -2.14. The summed E-state index contributed by atoms with van der Waals surface area (Å²) in [5, 5.41) is 16.3. The van der Waals surface area contributed by atoms with E-state index in [9.17, 15) is 0 Å². The van der Waals surface area contributed by atoms with Crippen molar-refractivity contribution in [3.05, 3.63) is 22.4 Å². The predicted octanol–water partition coefficient (Wildman–Crippen LogP) is 0.845. The van der Waals surface area contributed by atoms with Gasteiger partial charge in [-0.05, 0) is 22.4 Å². The van der Waals surface area contributed by atoms with Crippen LogP contribution in [0.25, 0.3) is 0 Å². The topological polar surface area (TPSA) is 41.5 Å². The molecule has 1 unspecified atom stereocenters. The Morgan fingerprint density at radius 1 is 1.69 bits per heavy atom. The lowest BCUT2D eigenvalue weighted by molar-refractivity contribution is 0.128. The second kappa shape index (κ2) is 6.10. The van der Waals surface area contributed by atoms with E-state index in [0.717, 1.165) is 6.54 Å². The van der Waals surface area contributed by atoms with E-state index in [1.807, 2.05) is 5.38 Å². The van der Waals surface area contributed by atoms with E-state index in [4.69, 9.17) is 9.84 Å². The van der Waals surface area contributed by atoms with Crippen LogP contribution in [0.4, 0.5) is 0 Å². The molecule has 0 saturated heterocycles. The number of aliphatic hydroxyl groups is 1. The van der Waals surface area contributed by atoms with Gasteiger partial charge in [-0.1, -0.05) is 0 Å². The fourth-order valence-corrected chi connectivity index (χ4v) is 1.70. The molecule has 0 aliphatic heterocycles. The van der Waals surface area contributed by atoms with Crippen molar-refractivity contribution in [2.45, 2.75) is 12.6 Å². The number of methoxy groups -OCH3 is 1. The van der Waals surface area contributed by atoms with Crippen molar-refractivity contribution in [2.75, 3.05) is 20.3 Å². The number of hydrogen-bond donors (Lipinski definition) is 2. The molecule has 13 heavy (non-hydrogen) atoms. The molecule has 74 valence electrons. The normalized spacial score (nSPS) is 13.1. The van der Waals surface area contributed by atoms with Crippen molar-refractivity contribution < 1.29 is 9.84 Å². The highest BCUT2D eigenvalue weighted by atomic mass is 32.1. The van der Waals surface area contributed by atoms with Crippen molar-refractivity contribution in [3.8, 4) is 0 Å². The van der Waals surface area contributed by atoms with Crippen molar-refractivity contribution in [1.82, 2.24) is 5.32 Å². The van der Waals surface area contributed by atoms with E-state index in [2.05, 4.69) is 16.8 Å². The zero-order valence-electron chi connectivity index (χ0n) is 7.69. The Morgan fingerprint density at radius 3 is 3.08 bits per heavy atom. The van der Waals surface area contributed by atoms with Gasteiger partial charge in [-0.3, -0.25) is 0 Å². The molecule has 0 saturated carbocycles. The van der Waals surface area contributed by atoms with Gasteiger partial charge in [0, 0.05) is 13.7 Å². The van der Waals surface area contributed by atoms with E-state index in [1.54, 1.807) is 18.4 Å².